The van der Waals surface area contributed by atoms with Gasteiger partial charge in [0, 0.05) is 12.6 Å². The van der Waals surface area contributed by atoms with E-state index >= 15 is 0 Å². The van der Waals surface area contributed by atoms with Crippen molar-refractivity contribution in [2.45, 2.75) is 46.5 Å². The molecule has 2 aromatic heterocycles. The minimum atomic E-state index is -1.00. The fourth-order valence-electron chi connectivity index (χ4n) is 2.50. The summed E-state index contributed by atoms with van der Waals surface area (Å²) in [5.74, 6) is -1.15. The number of ketones is 1. The molecule has 0 aliphatic rings. The number of aliphatic carboxylic acids is 2. The van der Waals surface area contributed by atoms with Crippen LogP contribution in [0, 0.1) is 0 Å². The summed E-state index contributed by atoms with van der Waals surface area (Å²) in [7, 11) is 0. The number of alkyl halides is 2. The lowest BCUT2D eigenvalue weighted by molar-refractivity contribution is -0.138. The number of halogens is 2. The van der Waals surface area contributed by atoms with Gasteiger partial charge in [0.1, 0.15) is 31.4 Å². The van der Waals surface area contributed by atoms with Crippen LogP contribution < -0.4 is 4.74 Å². The van der Waals surface area contributed by atoms with E-state index in [-0.39, 0.29) is 31.0 Å². The lowest BCUT2D eigenvalue weighted by Gasteiger charge is -2.04. The Morgan fingerprint density at radius 3 is 2.00 bits per heavy atom. The first kappa shape index (κ1) is 29.8. The van der Waals surface area contributed by atoms with Crippen molar-refractivity contribution in [1.82, 2.24) is 30.0 Å². The zero-order chi connectivity index (χ0) is 26.9. The third-order valence-corrected chi connectivity index (χ3v) is 4.01. The number of carboxylic acid groups (broad SMARTS) is 2. The van der Waals surface area contributed by atoms with E-state index in [0.717, 1.165) is 22.4 Å². The van der Waals surface area contributed by atoms with Gasteiger partial charge in [-0.15, -0.1) is 10.2 Å². The molecule has 0 atom stereocenters. The predicted octanol–water partition coefficient (Wildman–Crippen LogP) is 1.92. The minimum Gasteiger partial charge on any atom is -0.491 e. The van der Waals surface area contributed by atoms with Crippen molar-refractivity contribution in [2.24, 2.45) is 0 Å². The maximum Gasteiger partial charge on any atom is 0.325 e. The Bertz CT molecular complexity index is 1030. The molecule has 0 radical (unpaired) electrons. The zero-order valence-corrected chi connectivity index (χ0v) is 19.9. The van der Waals surface area contributed by atoms with E-state index in [2.05, 4.69) is 20.6 Å². The first-order valence-corrected chi connectivity index (χ1v) is 10.7. The Kier molecular flexibility index (Phi) is 13.6. The summed E-state index contributed by atoms with van der Waals surface area (Å²) in [6.45, 7) is 2.17. The molecule has 196 valence electrons. The molecule has 36 heavy (non-hydrogen) atoms. The number of carbonyl (C=O) groups is 3. The first-order valence-electron chi connectivity index (χ1n) is 10.7. The van der Waals surface area contributed by atoms with Crippen LogP contribution in [0.4, 0.5) is 8.78 Å². The van der Waals surface area contributed by atoms with Gasteiger partial charge in [-0.25, -0.2) is 18.1 Å². The highest BCUT2D eigenvalue weighted by atomic mass is 18.2. The fourth-order valence-corrected chi connectivity index (χ4v) is 2.50. The molecule has 0 unspecified atom stereocenters. The SMILES string of the molecule is CC(=O)Cc1ccc(OCC[18F])cc1.CCc1cn(CC(=O)O)nn1.O=C(O)Cc1cn(C[18F])nn1. The summed E-state index contributed by atoms with van der Waals surface area (Å²) < 4.78 is 30.8. The number of ether oxygens (including phenoxy) is 1. The van der Waals surface area contributed by atoms with Crippen LogP contribution in [0.5, 0.6) is 5.75 Å². The molecule has 0 aliphatic carbocycles. The summed E-state index contributed by atoms with van der Waals surface area (Å²) in [5, 5.41) is 30.7. The molecule has 2 N–H and O–H groups in total. The van der Waals surface area contributed by atoms with Crippen molar-refractivity contribution < 1.29 is 38.1 Å². The van der Waals surface area contributed by atoms with Gasteiger partial charge in [-0.1, -0.05) is 29.5 Å². The molecule has 0 fully saturated rings. The number of carboxylic acids is 2. The monoisotopic (exact) mass is 508 g/mol. The number of Topliss-reactive ketones (excluding diaryl/α,β-unsaturated/α-hetero) is 1. The van der Waals surface area contributed by atoms with Gasteiger partial charge in [-0.3, -0.25) is 14.4 Å². The van der Waals surface area contributed by atoms with Crippen LogP contribution in [-0.2, 0) is 47.0 Å². The van der Waals surface area contributed by atoms with Crippen LogP contribution >= 0.6 is 0 Å². The number of hydrogen-bond donors (Lipinski definition) is 2. The number of hydrogen-bond acceptors (Lipinski definition) is 8. The molecule has 3 aromatic rings. The van der Waals surface area contributed by atoms with Crippen molar-refractivity contribution in [2.75, 3.05) is 13.3 Å². The summed E-state index contributed by atoms with van der Waals surface area (Å²) in [6, 6.07) is 7.12. The second-order valence-electron chi connectivity index (χ2n) is 7.15. The number of aromatic nitrogens is 6. The topological polar surface area (TPSA) is 162 Å². The molecular weight excluding hydrogens is 480 g/mol. The minimum absolute atomic E-state index is 0.0755. The molecule has 0 amide bonds. The van der Waals surface area contributed by atoms with Gasteiger partial charge >= 0.3 is 11.9 Å². The molecular formula is C22H28F2N6O6. The number of aryl methyl sites for hydroxylation is 1. The molecule has 12 nitrogen and oxygen atoms in total. The molecule has 14 heteroatoms. The van der Waals surface area contributed by atoms with Crippen LogP contribution in [0.1, 0.15) is 30.8 Å². The van der Waals surface area contributed by atoms with Crippen LogP contribution in [0.25, 0.3) is 0 Å². The van der Waals surface area contributed by atoms with Gasteiger partial charge in [-0.05, 0) is 31.0 Å². The van der Waals surface area contributed by atoms with Gasteiger partial charge in [0.2, 0.25) is 0 Å². The summed E-state index contributed by atoms with van der Waals surface area (Å²) in [5.41, 5.74) is 2.02. The van der Waals surface area contributed by atoms with Gasteiger partial charge in [0.25, 0.3) is 0 Å². The average Bonchev–Trinajstić information content (AvgIpc) is 3.47. The predicted molar refractivity (Wildman–Crippen MR) is 122 cm³/mol. The quantitative estimate of drug-likeness (QED) is 0.391. The number of benzene rings is 1. The van der Waals surface area contributed by atoms with Gasteiger partial charge in [-0.2, -0.15) is 0 Å². The van der Waals surface area contributed by atoms with Crippen LogP contribution in [0.2, 0.25) is 0 Å². The standard InChI is InChI=1S/C11H13FO2.C6H9N3O2.C5H6FN3O2/c1-9(13)8-10-2-4-11(5-3-10)14-7-6-12;1-2-5-3-9(8-7-5)4-6(10)11;6-3-9-2-4(7-8-9)1-5(10)11/h2-5H,6-8H2,1H3;3H,2,4H2,1H3,(H,10,11);2H,1,3H2,(H,10,11)/i12-1;;6-1. The maximum atomic E-state index is 11.8. The fraction of sp³-hybridized carbons (Fsp3) is 0.409. The molecule has 1 aromatic carbocycles. The Morgan fingerprint density at radius 2 is 1.53 bits per heavy atom. The number of rotatable bonds is 11. The second-order valence-corrected chi connectivity index (χ2v) is 7.15. The average molecular weight is 509 g/mol. The molecule has 0 bridgehead atoms. The van der Waals surface area contributed by atoms with Crippen LogP contribution in [0.3, 0.4) is 0 Å². The van der Waals surface area contributed by atoms with E-state index in [9.17, 15) is 23.2 Å². The summed E-state index contributed by atoms with van der Waals surface area (Å²) >= 11 is 0. The Morgan fingerprint density at radius 1 is 0.917 bits per heavy atom. The zero-order valence-electron chi connectivity index (χ0n) is 19.9. The van der Waals surface area contributed by atoms with E-state index in [1.165, 1.54) is 10.9 Å². The summed E-state index contributed by atoms with van der Waals surface area (Å²) in [4.78, 5) is 31.1. The third kappa shape index (κ3) is 12.9. The second kappa shape index (κ2) is 16.4. The molecule has 0 spiro atoms. The van der Waals surface area contributed by atoms with E-state index in [1.807, 2.05) is 19.1 Å². The van der Waals surface area contributed by atoms with Crippen molar-refractivity contribution >= 4 is 17.7 Å². The van der Waals surface area contributed by atoms with E-state index in [1.54, 1.807) is 25.3 Å². The molecule has 2 heterocycles. The third-order valence-electron chi connectivity index (χ3n) is 4.01. The lowest BCUT2D eigenvalue weighted by Crippen LogP contribution is -2.08. The molecule has 0 aliphatic heterocycles. The smallest absolute Gasteiger partial charge is 0.325 e. The van der Waals surface area contributed by atoms with Crippen molar-refractivity contribution in [3.63, 3.8) is 0 Å². The Balaban J connectivity index is 0.000000273. The summed E-state index contributed by atoms with van der Waals surface area (Å²) in [6.07, 6.45) is 3.88. The molecule has 0 saturated carbocycles. The maximum absolute atomic E-state index is 11.8. The highest BCUT2D eigenvalue weighted by Crippen LogP contribution is 2.12. The Labute approximate surface area is 205 Å². The van der Waals surface area contributed by atoms with Gasteiger partial charge in [0.15, 0.2) is 6.80 Å². The van der Waals surface area contributed by atoms with E-state index in [0.29, 0.717) is 12.2 Å². The highest BCUT2D eigenvalue weighted by molar-refractivity contribution is 5.78. The van der Waals surface area contributed by atoms with E-state index < -0.39 is 25.4 Å². The van der Waals surface area contributed by atoms with Crippen molar-refractivity contribution in [3.05, 3.63) is 53.6 Å². The first-order chi connectivity index (χ1) is 17.2. The Hall–Kier alpha value is -4.23. The van der Waals surface area contributed by atoms with Crippen molar-refractivity contribution in [1.29, 1.82) is 0 Å². The number of nitrogens with zero attached hydrogens (tertiary/aromatic N) is 6. The van der Waals surface area contributed by atoms with Crippen LogP contribution in [-0.4, -0.2) is 71.2 Å². The molecule has 0 saturated heterocycles. The lowest BCUT2D eigenvalue weighted by atomic mass is 10.1. The van der Waals surface area contributed by atoms with Gasteiger partial charge in [0.05, 0.1) is 24.0 Å². The molecule has 3 rings (SSSR count). The highest BCUT2D eigenvalue weighted by Gasteiger charge is 2.04. The van der Waals surface area contributed by atoms with Crippen LogP contribution in [0.15, 0.2) is 36.7 Å². The number of carbonyl (C=O) groups excluding carboxylic acids is 1. The largest absolute Gasteiger partial charge is 0.491 e. The normalized spacial score (nSPS) is 9.89. The van der Waals surface area contributed by atoms with Gasteiger partial charge < -0.3 is 14.9 Å². The van der Waals surface area contributed by atoms with E-state index in [4.69, 9.17) is 14.9 Å². The van der Waals surface area contributed by atoms with Crippen molar-refractivity contribution in [3.8, 4) is 5.75 Å².